The SMILES string of the molecule is CCCCCOC(=O)C(CCCCC)OC(C)=O. The van der Waals surface area contributed by atoms with Crippen molar-refractivity contribution in [2.45, 2.75) is 71.8 Å². The van der Waals surface area contributed by atoms with Crippen molar-refractivity contribution in [3.8, 4) is 0 Å². The minimum atomic E-state index is -0.726. The maximum absolute atomic E-state index is 11.7. The largest absolute Gasteiger partial charge is 0.463 e. The molecule has 0 N–H and O–H groups in total. The fourth-order valence-corrected chi connectivity index (χ4v) is 1.62. The number of esters is 2. The Labute approximate surface area is 110 Å². The van der Waals surface area contributed by atoms with Gasteiger partial charge in [-0.3, -0.25) is 4.79 Å². The van der Waals surface area contributed by atoms with Gasteiger partial charge < -0.3 is 9.47 Å². The van der Waals surface area contributed by atoms with Crippen LogP contribution in [-0.4, -0.2) is 24.6 Å². The van der Waals surface area contributed by atoms with E-state index in [4.69, 9.17) is 9.47 Å². The summed E-state index contributed by atoms with van der Waals surface area (Å²) >= 11 is 0. The van der Waals surface area contributed by atoms with E-state index in [1.54, 1.807) is 0 Å². The van der Waals surface area contributed by atoms with Crippen LogP contribution in [0.4, 0.5) is 0 Å². The average molecular weight is 258 g/mol. The van der Waals surface area contributed by atoms with Crippen LogP contribution in [0.25, 0.3) is 0 Å². The summed E-state index contributed by atoms with van der Waals surface area (Å²) in [5, 5.41) is 0. The van der Waals surface area contributed by atoms with Gasteiger partial charge in [0, 0.05) is 6.92 Å². The molecule has 0 fully saturated rings. The lowest BCUT2D eigenvalue weighted by Crippen LogP contribution is -2.28. The molecular formula is C14H26O4. The predicted octanol–water partition coefficient (Wildman–Crippen LogP) is 3.23. The van der Waals surface area contributed by atoms with Crippen LogP contribution in [0.1, 0.15) is 65.7 Å². The Morgan fingerprint density at radius 3 is 2.17 bits per heavy atom. The first-order chi connectivity index (χ1) is 8.61. The van der Waals surface area contributed by atoms with Gasteiger partial charge in [0.15, 0.2) is 6.10 Å². The summed E-state index contributed by atoms with van der Waals surface area (Å²) in [6.07, 6.45) is 5.79. The van der Waals surface area contributed by atoms with Crippen molar-refractivity contribution in [2.75, 3.05) is 6.61 Å². The summed E-state index contributed by atoms with van der Waals surface area (Å²) in [5.74, 6) is -0.834. The summed E-state index contributed by atoms with van der Waals surface area (Å²) in [7, 11) is 0. The van der Waals surface area contributed by atoms with Crippen LogP contribution in [-0.2, 0) is 19.1 Å². The Balaban J connectivity index is 4.01. The number of hydrogen-bond donors (Lipinski definition) is 0. The van der Waals surface area contributed by atoms with Gasteiger partial charge in [0.25, 0.3) is 0 Å². The van der Waals surface area contributed by atoms with Crippen molar-refractivity contribution in [1.82, 2.24) is 0 Å². The second-order valence-electron chi connectivity index (χ2n) is 4.47. The van der Waals surface area contributed by atoms with Crippen molar-refractivity contribution in [3.05, 3.63) is 0 Å². The molecule has 0 radical (unpaired) electrons. The van der Waals surface area contributed by atoms with Crippen LogP contribution >= 0.6 is 0 Å². The van der Waals surface area contributed by atoms with Crippen LogP contribution in [0.15, 0.2) is 0 Å². The molecule has 0 aromatic carbocycles. The highest BCUT2D eigenvalue weighted by molar-refractivity contribution is 5.78. The molecule has 0 aromatic heterocycles. The Kier molecular flexibility index (Phi) is 10.4. The van der Waals surface area contributed by atoms with Crippen LogP contribution in [0.5, 0.6) is 0 Å². The molecule has 0 saturated heterocycles. The second kappa shape index (κ2) is 11.1. The van der Waals surface area contributed by atoms with E-state index >= 15 is 0 Å². The van der Waals surface area contributed by atoms with E-state index in [1.807, 2.05) is 0 Å². The molecule has 4 heteroatoms. The molecule has 0 spiro atoms. The zero-order valence-corrected chi connectivity index (χ0v) is 11.9. The van der Waals surface area contributed by atoms with Crippen LogP contribution in [0, 0.1) is 0 Å². The molecule has 0 aliphatic rings. The fourth-order valence-electron chi connectivity index (χ4n) is 1.62. The van der Waals surface area contributed by atoms with Gasteiger partial charge in [-0.15, -0.1) is 0 Å². The van der Waals surface area contributed by atoms with Gasteiger partial charge in [-0.1, -0.05) is 39.5 Å². The first-order valence-corrected chi connectivity index (χ1v) is 6.95. The van der Waals surface area contributed by atoms with Crippen LogP contribution < -0.4 is 0 Å². The Bertz CT molecular complexity index is 238. The van der Waals surface area contributed by atoms with Gasteiger partial charge in [0.1, 0.15) is 0 Å². The van der Waals surface area contributed by atoms with E-state index in [2.05, 4.69) is 13.8 Å². The third kappa shape index (κ3) is 9.02. The summed E-state index contributed by atoms with van der Waals surface area (Å²) in [4.78, 5) is 22.7. The molecule has 106 valence electrons. The number of rotatable bonds is 10. The lowest BCUT2D eigenvalue weighted by atomic mass is 10.1. The molecule has 0 aliphatic heterocycles. The van der Waals surface area contributed by atoms with Crippen molar-refractivity contribution in [1.29, 1.82) is 0 Å². The van der Waals surface area contributed by atoms with Gasteiger partial charge in [-0.2, -0.15) is 0 Å². The van der Waals surface area contributed by atoms with E-state index in [0.29, 0.717) is 13.0 Å². The summed E-state index contributed by atoms with van der Waals surface area (Å²) in [6.45, 7) is 5.91. The van der Waals surface area contributed by atoms with E-state index < -0.39 is 18.0 Å². The van der Waals surface area contributed by atoms with Crippen LogP contribution in [0.3, 0.4) is 0 Å². The van der Waals surface area contributed by atoms with E-state index in [-0.39, 0.29) is 0 Å². The van der Waals surface area contributed by atoms with E-state index in [1.165, 1.54) is 6.92 Å². The molecule has 4 nitrogen and oxygen atoms in total. The zero-order chi connectivity index (χ0) is 13.8. The maximum Gasteiger partial charge on any atom is 0.347 e. The Morgan fingerprint density at radius 1 is 1.00 bits per heavy atom. The summed E-state index contributed by atoms with van der Waals surface area (Å²) < 4.78 is 10.1. The average Bonchev–Trinajstić information content (AvgIpc) is 2.33. The maximum atomic E-state index is 11.7. The highest BCUT2D eigenvalue weighted by Gasteiger charge is 2.22. The topological polar surface area (TPSA) is 52.6 Å². The normalized spacial score (nSPS) is 11.9. The summed E-state index contributed by atoms with van der Waals surface area (Å²) in [5.41, 5.74) is 0. The first-order valence-electron chi connectivity index (χ1n) is 6.95. The predicted molar refractivity (Wildman–Crippen MR) is 70.2 cm³/mol. The molecule has 0 amide bonds. The van der Waals surface area contributed by atoms with Gasteiger partial charge in [0.05, 0.1) is 6.61 Å². The van der Waals surface area contributed by atoms with E-state index in [0.717, 1.165) is 38.5 Å². The number of ether oxygens (including phenoxy) is 2. The lowest BCUT2D eigenvalue weighted by Gasteiger charge is -2.15. The fraction of sp³-hybridized carbons (Fsp3) is 0.857. The monoisotopic (exact) mass is 258 g/mol. The minimum absolute atomic E-state index is 0.405. The van der Waals surface area contributed by atoms with Gasteiger partial charge in [0.2, 0.25) is 0 Å². The second-order valence-corrected chi connectivity index (χ2v) is 4.47. The molecule has 0 bridgehead atoms. The first kappa shape index (κ1) is 16.9. The molecule has 0 saturated carbocycles. The lowest BCUT2D eigenvalue weighted by molar-refractivity contribution is -0.167. The number of hydrogen-bond acceptors (Lipinski definition) is 4. The minimum Gasteiger partial charge on any atom is -0.463 e. The van der Waals surface area contributed by atoms with E-state index in [9.17, 15) is 9.59 Å². The highest BCUT2D eigenvalue weighted by Crippen LogP contribution is 2.09. The summed E-state index contributed by atoms with van der Waals surface area (Å²) in [6, 6.07) is 0. The number of carbonyl (C=O) groups excluding carboxylic acids is 2. The van der Waals surface area contributed by atoms with Gasteiger partial charge in [-0.25, -0.2) is 4.79 Å². The smallest absolute Gasteiger partial charge is 0.347 e. The molecular weight excluding hydrogens is 232 g/mol. The Morgan fingerprint density at radius 2 is 1.61 bits per heavy atom. The van der Waals surface area contributed by atoms with Crippen molar-refractivity contribution in [3.63, 3.8) is 0 Å². The van der Waals surface area contributed by atoms with Crippen molar-refractivity contribution < 1.29 is 19.1 Å². The number of carbonyl (C=O) groups is 2. The zero-order valence-electron chi connectivity index (χ0n) is 11.9. The quantitative estimate of drug-likeness (QED) is 0.446. The van der Waals surface area contributed by atoms with Crippen molar-refractivity contribution >= 4 is 11.9 Å². The third-order valence-electron chi connectivity index (χ3n) is 2.63. The third-order valence-corrected chi connectivity index (χ3v) is 2.63. The van der Waals surface area contributed by atoms with Crippen LogP contribution in [0.2, 0.25) is 0 Å². The molecule has 1 atom stereocenters. The molecule has 0 aliphatic carbocycles. The van der Waals surface area contributed by atoms with Crippen molar-refractivity contribution in [2.24, 2.45) is 0 Å². The molecule has 0 heterocycles. The molecule has 0 rings (SSSR count). The molecule has 1 unspecified atom stereocenters. The highest BCUT2D eigenvalue weighted by atomic mass is 16.6. The van der Waals surface area contributed by atoms with Gasteiger partial charge in [-0.05, 0) is 19.3 Å². The van der Waals surface area contributed by atoms with Gasteiger partial charge >= 0.3 is 11.9 Å². The molecule has 0 aromatic rings. The number of unbranched alkanes of at least 4 members (excludes halogenated alkanes) is 4. The standard InChI is InChI=1S/C14H26O4/c1-4-6-8-10-13(18-12(3)15)14(16)17-11-9-7-5-2/h13H,4-11H2,1-3H3. The molecule has 18 heavy (non-hydrogen) atoms. The Hall–Kier alpha value is -1.06.